The van der Waals surface area contributed by atoms with Crippen molar-refractivity contribution in [1.29, 1.82) is 0 Å². The van der Waals surface area contributed by atoms with E-state index in [2.05, 4.69) is 26.9 Å². The Kier molecular flexibility index (Phi) is 4.24. The molecule has 1 aromatic rings. The van der Waals surface area contributed by atoms with Gasteiger partial charge in [-0.1, -0.05) is 15.9 Å². The number of rotatable bonds is 2. The van der Waals surface area contributed by atoms with Crippen molar-refractivity contribution in [3.8, 4) is 0 Å². The first-order valence-corrected chi connectivity index (χ1v) is 6.87. The summed E-state index contributed by atoms with van der Waals surface area (Å²) in [6.07, 6.45) is 0. The van der Waals surface area contributed by atoms with Crippen LogP contribution >= 0.6 is 15.9 Å². The highest BCUT2D eigenvalue weighted by molar-refractivity contribution is 9.10. The second-order valence-corrected chi connectivity index (χ2v) is 5.59. The number of hydrogen-bond donors (Lipinski definition) is 1. The van der Waals surface area contributed by atoms with Crippen molar-refractivity contribution < 1.29 is 4.79 Å². The SMILES string of the molecule is CC(=O)N1CCN(Cc2cc(N)cc(Br)c2)CC1. The van der Waals surface area contributed by atoms with Gasteiger partial charge in [-0.15, -0.1) is 0 Å². The fourth-order valence-corrected chi connectivity index (χ4v) is 2.80. The number of benzene rings is 1. The van der Waals surface area contributed by atoms with Crippen LogP contribution in [0.15, 0.2) is 22.7 Å². The molecule has 1 aliphatic heterocycles. The van der Waals surface area contributed by atoms with Gasteiger partial charge in [-0.25, -0.2) is 0 Å². The Morgan fingerprint density at radius 2 is 1.94 bits per heavy atom. The minimum absolute atomic E-state index is 0.168. The van der Waals surface area contributed by atoms with Gasteiger partial charge >= 0.3 is 0 Å². The zero-order valence-corrected chi connectivity index (χ0v) is 12.1. The van der Waals surface area contributed by atoms with E-state index in [1.165, 1.54) is 5.56 Å². The van der Waals surface area contributed by atoms with Gasteiger partial charge in [-0.3, -0.25) is 9.69 Å². The van der Waals surface area contributed by atoms with E-state index in [1.807, 2.05) is 17.0 Å². The lowest BCUT2D eigenvalue weighted by atomic mass is 10.2. The summed E-state index contributed by atoms with van der Waals surface area (Å²) < 4.78 is 1.01. The maximum absolute atomic E-state index is 11.2. The highest BCUT2D eigenvalue weighted by Gasteiger charge is 2.18. The van der Waals surface area contributed by atoms with Gasteiger partial charge in [0.2, 0.25) is 5.91 Å². The summed E-state index contributed by atoms with van der Waals surface area (Å²) in [5, 5.41) is 0. The molecule has 5 heteroatoms. The third-order valence-corrected chi connectivity index (χ3v) is 3.66. The molecule has 0 atom stereocenters. The number of carbonyl (C=O) groups is 1. The monoisotopic (exact) mass is 311 g/mol. The number of halogens is 1. The van der Waals surface area contributed by atoms with Crippen molar-refractivity contribution in [3.63, 3.8) is 0 Å². The molecule has 98 valence electrons. The summed E-state index contributed by atoms with van der Waals surface area (Å²) >= 11 is 3.45. The molecule has 0 aromatic heterocycles. The third-order valence-electron chi connectivity index (χ3n) is 3.20. The molecule has 1 fully saturated rings. The highest BCUT2D eigenvalue weighted by atomic mass is 79.9. The fraction of sp³-hybridized carbons (Fsp3) is 0.462. The summed E-state index contributed by atoms with van der Waals surface area (Å²) in [4.78, 5) is 15.5. The smallest absolute Gasteiger partial charge is 0.219 e. The average molecular weight is 312 g/mol. The van der Waals surface area contributed by atoms with E-state index in [0.717, 1.165) is 42.9 Å². The largest absolute Gasteiger partial charge is 0.399 e. The topological polar surface area (TPSA) is 49.6 Å². The van der Waals surface area contributed by atoms with Gasteiger partial charge in [0.25, 0.3) is 0 Å². The Bertz CT molecular complexity index is 422. The molecule has 1 aliphatic rings. The van der Waals surface area contributed by atoms with Gasteiger partial charge in [-0.2, -0.15) is 0 Å². The van der Waals surface area contributed by atoms with Gasteiger partial charge in [0, 0.05) is 49.8 Å². The Balaban J connectivity index is 1.93. The Labute approximate surface area is 116 Å². The van der Waals surface area contributed by atoms with Crippen molar-refractivity contribution in [3.05, 3.63) is 28.2 Å². The highest BCUT2D eigenvalue weighted by Crippen LogP contribution is 2.19. The summed E-state index contributed by atoms with van der Waals surface area (Å²) in [5.74, 6) is 0.168. The first-order chi connectivity index (χ1) is 8.54. The predicted octanol–water partition coefficient (Wildman–Crippen LogP) is 1.70. The summed E-state index contributed by atoms with van der Waals surface area (Å²) in [6, 6.07) is 5.99. The van der Waals surface area contributed by atoms with E-state index in [9.17, 15) is 4.79 Å². The summed E-state index contributed by atoms with van der Waals surface area (Å²) in [6.45, 7) is 6.00. The number of hydrogen-bond acceptors (Lipinski definition) is 3. The van der Waals surface area contributed by atoms with Crippen LogP contribution in [0.4, 0.5) is 5.69 Å². The maximum Gasteiger partial charge on any atom is 0.219 e. The van der Waals surface area contributed by atoms with Crippen molar-refractivity contribution in [1.82, 2.24) is 9.80 Å². The zero-order chi connectivity index (χ0) is 13.1. The molecular formula is C13H18BrN3O. The van der Waals surface area contributed by atoms with Crippen LogP contribution in [0.25, 0.3) is 0 Å². The van der Waals surface area contributed by atoms with Gasteiger partial charge < -0.3 is 10.6 Å². The standard InChI is InChI=1S/C13H18BrN3O/c1-10(18)17-4-2-16(3-5-17)9-11-6-12(14)8-13(15)7-11/h6-8H,2-5,9,15H2,1H3. The van der Waals surface area contributed by atoms with Gasteiger partial charge in [0.05, 0.1) is 0 Å². The lowest BCUT2D eigenvalue weighted by Gasteiger charge is -2.34. The van der Waals surface area contributed by atoms with Crippen LogP contribution in [0.5, 0.6) is 0 Å². The van der Waals surface area contributed by atoms with Crippen molar-refractivity contribution in [2.45, 2.75) is 13.5 Å². The third kappa shape index (κ3) is 3.46. The van der Waals surface area contributed by atoms with Crippen LogP contribution in [-0.2, 0) is 11.3 Å². The van der Waals surface area contributed by atoms with Crippen molar-refractivity contribution in [2.24, 2.45) is 0 Å². The predicted molar refractivity (Wildman–Crippen MR) is 76.1 cm³/mol. The normalized spacial score (nSPS) is 16.9. The Morgan fingerprint density at radius 3 is 2.50 bits per heavy atom. The van der Waals surface area contributed by atoms with Crippen molar-refractivity contribution in [2.75, 3.05) is 31.9 Å². The molecule has 2 N–H and O–H groups in total. The molecule has 4 nitrogen and oxygen atoms in total. The molecule has 0 unspecified atom stereocenters. The number of nitrogens with zero attached hydrogens (tertiary/aromatic N) is 2. The molecule has 0 radical (unpaired) electrons. The summed E-state index contributed by atoms with van der Waals surface area (Å²) in [7, 11) is 0. The molecule has 0 saturated carbocycles. The fourth-order valence-electron chi connectivity index (χ4n) is 2.25. The molecule has 2 rings (SSSR count). The van der Waals surface area contributed by atoms with E-state index < -0.39 is 0 Å². The Hall–Kier alpha value is -1.07. The number of nitrogen functional groups attached to an aromatic ring is 1. The van der Waals surface area contributed by atoms with E-state index >= 15 is 0 Å². The van der Waals surface area contributed by atoms with Gasteiger partial charge in [-0.05, 0) is 23.8 Å². The second-order valence-electron chi connectivity index (χ2n) is 4.68. The van der Waals surface area contributed by atoms with Crippen LogP contribution in [-0.4, -0.2) is 41.9 Å². The van der Waals surface area contributed by atoms with Crippen LogP contribution < -0.4 is 5.73 Å². The van der Waals surface area contributed by atoms with Crippen LogP contribution in [0.1, 0.15) is 12.5 Å². The van der Waals surface area contributed by atoms with E-state index in [4.69, 9.17) is 5.73 Å². The zero-order valence-electron chi connectivity index (χ0n) is 10.5. The molecular weight excluding hydrogens is 294 g/mol. The lowest BCUT2D eigenvalue weighted by Crippen LogP contribution is -2.47. The second kappa shape index (κ2) is 5.71. The first kappa shape index (κ1) is 13.4. The molecule has 1 heterocycles. The molecule has 1 aromatic carbocycles. The lowest BCUT2D eigenvalue weighted by molar-refractivity contribution is -0.130. The molecule has 0 aliphatic carbocycles. The minimum Gasteiger partial charge on any atom is -0.399 e. The average Bonchev–Trinajstić information content (AvgIpc) is 2.28. The number of carbonyl (C=O) groups excluding carboxylic acids is 1. The van der Waals surface area contributed by atoms with E-state index in [1.54, 1.807) is 6.92 Å². The van der Waals surface area contributed by atoms with Crippen LogP contribution in [0, 0.1) is 0 Å². The number of amides is 1. The minimum atomic E-state index is 0.168. The molecule has 18 heavy (non-hydrogen) atoms. The van der Waals surface area contributed by atoms with Crippen LogP contribution in [0.3, 0.4) is 0 Å². The molecule has 0 spiro atoms. The van der Waals surface area contributed by atoms with E-state index in [0.29, 0.717) is 0 Å². The molecule has 1 amide bonds. The molecule has 1 saturated heterocycles. The number of piperazine rings is 1. The first-order valence-electron chi connectivity index (χ1n) is 6.07. The van der Waals surface area contributed by atoms with Crippen LogP contribution in [0.2, 0.25) is 0 Å². The van der Waals surface area contributed by atoms with Crippen molar-refractivity contribution >= 4 is 27.5 Å². The quantitative estimate of drug-likeness (QED) is 0.846. The van der Waals surface area contributed by atoms with Gasteiger partial charge in [0.1, 0.15) is 0 Å². The maximum atomic E-state index is 11.2. The number of nitrogens with two attached hydrogens (primary N) is 1. The summed E-state index contributed by atoms with van der Waals surface area (Å²) in [5.41, 5.74) is 7.81. The molecule has 0 bridgehead atoms. The van der Waals surface area contributed by atoms with E-state index in [-0.39, 0.29) is 5.91 Å². The Morgan fingerprint density at radius 1 is 1.28 bits per heavy atom. The van der Waals surface area contributed by atoms with Gasteiger partial charge in [0.15, 0.2) is 0 Å². The number of anilines is 1.